The standard InChI is InChI=1S/C14H12FN3O/c15-10-8-16-6-5-12(10)18-14(19)13-7-9-3-1-2-4-11(9)17-13/h1-6,8,13,17H,7H2,(H,16,18,19)/t13-/m0/s1. The highest BCUT2D eigenvalue weighted by Crippen LogP contribution is 2.25. The van der Waals surface area contributed by atoms with Gasteiger partial charge in [0.05, 0.1) is 11.9 Å². The summed E-state index contributed by atoms with van der Waals surface area (Å²) in [5, 5.41) is 5.69. The first-order valence-corrected chi connectivity index (χ1v) is 5.99. The van der Waals surface area contributed by atoms with Gasteiger partial charge >= 0.3 is 0 Å². The molecule has 0 bridgehead atoms. The number of fused-ring (bicyclic) bond motifs is 1. The van der Waals surface area contributed by atoms with Crippen molar-refractivity contribution < 1.29 is 9.18 Å². The molecule has 0 radical (unpaired) electrons. The Hall–Kier alpha value is -2.43. The monoisotopic (exact) mass is 257 g/mol. The highest BCUT2D eigenvalue weighted by Gasteiger charge is 2.26. The van der Waals surface area contributed by atoms with Gasteiger partial charge in [-0.25, -0.2) is 4.39 Å². The highest BCUT2D eigenvalue weighted by molar-refractivity contribution is 5.98. The summed E-state index contributed by atoms with van der Waals surface area (Å²) in [4.78, 5) is 15.7. The fourth-order valence-electron chi connectivity index (χ4n) is 2.15. The third-order valence-electron chi connectivity index (χ3n) is 3.12. The average molecular weight is 257 g/mol. The fourth-order valence-corrected chi connectivity index (χ4v) is 2.15. The van der Waals surface area contributed by atoms with E-state index in [0.717, 1.165) is 17.4 Å². The predicted molar refractivity (Wildman–Crippen MR) is 70.4 cm³/mol. The number of benzene rings is 1. The number of rotatable bonds is 2. The van der Waals surface area contributed by atoms with Crippen LogP contribution in [0.25, 0.3) is 0 Å². The summed E-state index contributed by atoms with van der Waals surface area (Å²) in [5.41, 5.74) is 2.20. The van der Waals surface area contributed by atoms with E-state index < -0.39 is 5.82 Å². The van der Waals surface area contributed by atoms with Crippen molar-refractivity contribution in [2.45, 2.75) is 12.5 Å². The zero-order valence-corrected chi connectivity index (χ0v) is 10.1. The largest absolute Gasteiger partial charge is 0.373 e. The van der Waals surface area contributed by atoms with Crippen LogP contribution >= 0.6 is 0 Å². The number of amides is 1. The maximum Gasteiger partial charge on any atom is 0.247 e. The van der Waals surface area contributed by atoms with Gasteiger partial charge in [-0.3, -0.25) is 9.78 Å². The van der Waals surface area contributed by atoms with Crippen LogP contribution in [0.2, 0.25) is 0 Å². The third kappa shape index (κ3) is 2.27. The van der Waals surface area contributed by atoms with Gasteiger partial charge in [0.2, 0.25) is 5.91 Å². The molecule has 19 heavy (non-hydrogen) atoms. The molecule has 2 N–H and O–H groups in total. The summed E-state index contributed by atoms with van der Waals surface area (Å²) in [6.45, 7) is 0. The van der Waals surface area contributed by atoms with E-state index in [1.807, 2.05) is 24.3 Å². The van der Waals surface area contributed by atoms with Crippen molar-refractivity contribution in [3.8, 4) is 0 Å². The van der Waals surface area contributed by atoms with E-state index in [9.17, 15) is 9.18 Å². The number of nitrogens with one attached hydrogen (secondary N) is 2. The van der Waals surface area contributed by atoms with Gasteiger partial charge in [-0.2, -0.15) is 0 Å². The number of halogens is 1. The number of carbonyl (C=O) groups excluding carboxylic acids is 1. The summed E-state index contributed by atoms with van der Waals surface area (Å²) >= 11 is 0. The zero-order valence-electron chi connectivity index (χ0n) is 10.1. The fraction of sp³-hybridized carbons (Fsp3) is 0.143. The molecule has 1 amide bonds. The quantitative estimate of drug-likeness (QED) is 0.867. The Morgan fingerprint density at radius 1 is 1.37 bits per heavy atom. The molecule has 0 unspecified atom stereocenters. The van der Waals surface area contributed by atoms with Gasteiger partial charge < -0.3 is 10.6 Å². The molecule has 0 saturated carbocycles. The first-order chi connectivity index (χ1) is 9.24. The number of nitrogens with zero attached hydrogens (tertiary/aromatic N) is 1. The van der Waals surface area contributed by atoms with Crippen LogP contribution in [0.3, 0.4) is 0 Å². The number of hydrogen-bond donors (Lipinski definition) is 2. The Morgan fingerprint density at radius 2 is 2.21 bits per heavy atom. The van der Waals surface area contributed by atoms with E-state index in [1.54, 1.807) is 0 Å². The van der Waals surface area contributed by atoms with Crippen molar-refractivity contribution in [2.24, 2.45) is 0 Å². The van der Waals surface area contributed by atoms with E-state index in [2.05, 4.69) is 15.6 Å². The van der Waals surface area contributed by atoms with Crippen LogP contribution in [0.5, 0.6) is 0 Å². The first kappa shape index (κ1) is 11.6. The van der Waals surface area contributed by atoms with Crippen LogP contribution in [0, 0.1) is 5.82 Å². The second-order valence-corrected chi connectivity index (χ2v) is 4.40. The Labute approximate surface area is 109 Å². The van der Waals surface area contributed by atoms with Crippen molar-refractivity contribution >= 4 is 17.3 Å². The van der Waals surface area contributed by atoms with Crippen LogP contribution in [0.15, 0.2) is 42.7 Å². The average Bonchev–Trinajstić information content (AvgIpc) is 2.85. The Kier molecular flexibility index (Phi) is 2.87. The maximum atomic E-state index is 13.4. The minimum absolute atomic E-state index is 0.151. The Balaban J connectivity index is 1.72. The van der Waals surface area contributed by atoms with Crippen LogP contribution < -0.4 is 10.6 Å². The molecule has 1 aliphatic heterocycles. The van der Waals surface area contributed by atoms with Crippen molar-refractivity contribution in [1.82, 2.24) is 4.98 Å². The summed E-state index contributed by atoms with van der Waals surface area (Å²) in [7, 11) is 0. The van der Waals surface area contributed by atoms with Gasteiger partial charge in [0.25, 0.3) is 0 Å². The summed E-state index contributed by atoms with van der Waals surface area (Å²) in [6.07, 6.45) is 3.12. The van der Waals surface area contributed by atoms with Crippen LogP contribution in [0.1, 0.15) is 5.56 Å². The molecule has 0 aliphatic carbocycles. The lowest BCUT2D eigenvalue weighted by Gasteiger charge is -2.12. The lowest BCUT2D eigenvalue weighted by atomic mass is 10.1. The number of anilines is 2. The molecule has 1 atom stereocenters. The molecule has 1 aliphatic rings. The normalized spacial score (nSPS) is 16.6. The van der Waals surface area contributed by atoms with E-state index >= 15 is 0 Å². The number of carbonyl (C=O) groups is 1. The molecular formula is C14H12FN3O. The van der Waals surface area contributed by atoms with Crippen LogP contribution in [-0.2, 0) is 11.2 Å². The number of pyridine rings is 1. The molecule has 2 aromatic rings. The summed E-state index contributed by atoms with van der Waals surface area (Å²) in [6, 6.07) is 8.82. The first-order valence-electron chi connectivity index (χ1n) is 5.99. The molecule has 3 rings (SSSR count). The number of para-hydroxylation sites is 1. The zero-order chi connectivity index (χ0) is 13.2. The SMILES string of the molecule is O=C(Nc1ccncc1F)[C@@H]1Cc2ccccc2N1. The van der Waals surface area contributed by atoms with Gasteiger partial charge in [-0.1, -0.05) is 18.2 Å². The number of hydrogen-bond acceptors (Lipinski definition) is 3. The summed E-state index contributed by atoms with van der Waals surface area (Å²) in [5.74, 6) is -0.785. The molecular weight excluding hydrogens is 245 g/mol. The van der Waals surface area contributed by atoms with Crippen LogP contribution in [0.4, 0.5) is 15.8 Å². The molecule has 0 spiro atoms. The Bertz CT molecular complexity index is 605. The second kappa shape index (κ2) is 4.68. The van der Waals surface area contributed by atoms with E-state index in [1.165, 1.54) is 12.3 Å². The Morgan fingerprint density at radius 3 is 3.00 bits per heavy atom. The van der Waals surface area contributed by atoms with Crippen molar-refractivity contribution in [3.63, 3.8) is 0 Å². The molecule has 0 saturated heterocycles. The van der Waals surface area contributed by atoms with Gasteiger partial charge in [-0.15, -0.1) is 0 Å². The van der Waals surface area contributed by atoms with Crippen molar-refractivity contribution in [2.75, 3.05) is 10.6 Å². The summed E-state index contributed by atoms with van der Waals surface area (Å²) < 4.78 is 13.4. The second-order valence-electron chi connectivity index (χ2n) is 4.40. The number of aromatic nitrogens is 1. The lowest BCUT2D eigenvalue weighted by molar-refractivity contribution is -0.116. The van der Waals surface area contributed by atoms with Gasteiger partial charge in [0, 0.05) is 18.3 Å². The molecule has 96 valence electrons. The van der Waals surface area contributed by atoms with E-state index in [-0.39, 0.29) is 17.6 Å². The molecule has 0 fully saturated rings. The van der Waals surface area contributed by atoms with E-state index in [4.69, 9.17) is 0 Å². The third-order valence-corrected chi connectivity index (χ3v) is 3.12. The smallest absolute Gasteiger partial charge is 0.247 e. The van der Waals surface area contributed by atoms with Gasteiger partial charge in [0.1, 0.15) is 6.04 Å². The van der Waals surface area contributed by atoms with Gasteiger partial charge in [-0.05, 0) is 17.7 Å². The lowest BCUT2D eigenvalue weighted by Crippen LogP contribution is -2.33. The predicted octanol–water partition coefficient (Wildman–Crippen LogP) is 2.20. The minimum Gasteiger partial charge on any atom is -0.373 e. The molecule has 1 aromatic heterocycles. The molecule has 4 nitrogen and oxygen atoms in total. The van der Waals surface area contributed by atoms with Crippen molar-refractivity contribution in [1.29, 1.82) is 0 Å². The van der Waals surface area contributed by atoms with Crippen molar-refractivity contribution in [3.05, 3.63) is 54.1 Å². The van der Waals surface area contributed by atoms with E-state index in [0.29, 0.717) is 6.42 Å². The highest BCUT2D eigenvalue weighted by atomic mass is 19.1. The van der Waals surface area contributed by atoms with Crippen LogP contribution in [-0.4, -0.2) is 16.9 Å². The molecule has 2 heterocycles. The molecule has 5 heteroatoms. The van der Waals surface area contributed by atoms with Gasteiger partial charge in [0.15, 0.2) is 5.82 Å². The molecule has 1 aromatic carbocycles. The maximum absolute atomic E-state index is 13.4. The minimum atomic E-state index is -0.536. The topological polar surface area (TPSA) is 54.0 Å².